The van der Waals surface area contributed by atoms with Crippen LogP contribution in [0.1, 0.15) is 37.5 Å². The maximum absolute atomic E-state index is 11.8. The number of urea groups is 1. The Labute approximate surface area is 143 Å². The second-order valence-electron chi connectivity index (χ2n) is 6.75. The summed E-state index contributed by atoms with van der Waals surface area (Å²) in [5.74, 6) is 0.794. The van der Waals surface area contributed by atoms with Crippen LogP contribution in [0, 0.1) is 6.92 Å². The molecule has 0 unspecified atom stereocenters. The molecule has 0 saturated heterocycles. The Morgan fingerprint density at radius 3 is 2.50 bits per heavy atom. The Hall–Kier alpha value is -2.56. The molecule has 0 aliphatic heterocycles. The zero-order chi connectivity index (χ0) is 17.6. The van der Waals surface area contributed by atoms with Crippen molar-refractivity contribution < 1.29 is 9.53 Å². The van der Waals surface area contributed by atoms with E-state index in [0.29, 0.717) is 6.54 Å². The van der Waals surface area contributed by atoms with E-state index in [2.05, 4.69) is 49.4 Å². The molecule has 2 aromatic rings. The van der Waals surface area contributed by atoms with Crippen molar-refractivity contribution in [3.63, 3.8) is 0 Å². The van der Waals surface area contributed by atoms with Crippen LogP contribution >= 0.6 is 0 Å². The van der Waals surface area contributed by atoms with Crippen LogP contribution in [0.4, 0.5) is 4.79 Å². The van der Waals surface area contributed by atoms with Gasteiger partial charge < -0.3 is 15.4 Å². The maximum atomic E-state index is 11.8. The summed E-state index contributed by atoms with van der Waals surface area (Å²) in [4.78, 5) is 15.8. The molecule has 1 aromatic heterocycles. The number of nitrogens with one attached hydrogen (secondary N) is 2. The molecular formula is C19H25N3O2. The number of amides is 2. The van der Waals surface area contributed by atoms with Crippen molar-refractivity contribution in [2.75, 3.05) is 6.73 Å². The minimum atomic E-state index is -0.267. The number of ether oxygens (including phenoxy) is 1. The lowest BCUT2D eigenvalue weighted by atomic mass is 9.85. The molecule has 2 amide bonds. The van der Waals surface area contributed by atoms with Crippen LogP contribution < -0.4 is 15.4 Å². The van der Waals surface area contributed by atoms with Crippen LogP contribution in [0.5, 0.6) is 5.75 Å². The number of aryl methyl sites for hydroxylation is 1. The van der Waals surface area contributed by atoms with Gasteiger partial charge in [-0.3, -0.25) is 4.98 Å². The number of hydrogen-bond acceptors (Lipinski definition) is 3. The van der Waals surface area contributed by atoms with E-state index in [9.17, 15) is 4.79 Å². The van der Waals surface area contributed by atoms with Crippen LogP contribution in [-0.2, 0) is 12.0 Å². The van der Waals surface area contributed by atoms with E-state index in [1.807, 2.05) is 24.3 Å². The molecule has 128 valence electrons. The first kappa shape index (κ1) is 17.8. The minimum absolute atomic E-state index is 0.0229. The fourth-order valence-corrected chi connectivity index (χ4v) is 2.28. The molecule has 5 heteroatoms. The van der Waals surface area contributed by atoms with Gasteiger partial charge in [0.15, 0.2) is 6.73 Å². The van der Waals surface area contributed by atoms with Crippen molar-refractivity contribution in [2.24, 2.45) is 0 Å². The second-order valence-corrected chi connectivity index (χ2v) is 6.75. The largest absolute Gasteiger partial charge is 0.473 e. The molecule has 0 saturated carbocycles. The van der Waals surface area contributed by atoms with Gasteiger partial charge >= 0.3 is 6.03 Å². The summed E-state index contributed by atoms with van der Waals surface area (Å²) in [5.41, 5.74) is 3.29. The van der Waals surface area contributed by atoms with Gasteiger partial charge in [-0.05, 0) is 41.7 Å². The number of carbonyl (C=O) groups is 1. The zero-order valence-corrected chi connectivity index (χ0v) is 14.7. The highest BCUT2D eigenvalue weighted by molar-refractivity contribution is 5.73. The monoisotopic (exact) mass is 327 g/mol. The van der Waals surface area contributed by atoms with E-state index in [-0.39, 0.29) is 18.2 Å². The molecule has 2 N–H and O–H groups in total. The summed E-state index contributed by atoms with van der Waals surface area (Å²) in [6, 6.07) is 9.53. The number of nitrogens with zero attached hydrogens (tertiary/aromatic N) is 1. The van der Waals surface area contributed by atoms with E-state index in [4.69, 9.17) is 4.74 Å². The van der Waals surface area contributed by atoms with Crippen molar-refractivity contribution in [1.29, 1.82) is 0 Å². The quantitative estimate of drug-likeness (QED) is 0.826. The smallest absolute Gasteiger partial charge is 0.317 e. The van der Waals surface area contributed by atoms with E-state index in [1.165, 1.54) is 5.56 Å². The van der Waals surface area contributed by atoms with Crippen molar-refractivity contribution >= 4 is 6.03 Å². The van der Waals surface area contributed by atoms with E-state index in [1.54, 1.807) is 12.4 Å². The molecule has 0 radical (unpaired) electrons. The molecule has 0 aliphatic rings. The lowest BCUT2D eigenvalue weighted by Crippen LogP contribution is -2.37. The molecule has 0 spiro atoms. The molecule has 0 bridgehead atoms. The predicted molar refractivity (Wildman–Crippen MR) is 95.0 cm³/mol. The molecule has 1 heterocycles. The first-order chi connectivity index (χ1) is 11.4. The zero-order valence-electron chi connectivity index (χ0n) is 14.7. The second kappa shape index (κ2) is 7.81. The van der Waals surface area contributed by atoms with Crippen molar-refractivity contribution in [2.45, 2.75) is 39.7 Å². The summed E-state index contributed by atoms with van der Waals surface area (Å²) in [6.07, 6.45) is 3.40. The first-order valence-corrected chi connectivity index (χ1v) is 8.01. The number of rotatable bonds is 5. The Kier molecular flexibility index (Phi) is 5.79. The van der Waals surface area contributed by atoms with E-state index < -0.39 is 0 Å². The minimum Gasteiger partial charge on any atom is -0.473 e. The van der Waals surface area contributed by atoms with Crippen molar-refractivity contribution in [3.05, 3.63) is 59.4 Å². The normalized spacial score (nSPS) is 11.0. The van der Waals surface area contributed by atoms with Gasteiger partial charge in [0.25, 0.3) is 0 Å². The number of hydrogen-bond donors (Lipinski definition) is 2. The van der Waals surface area contributed by atoms with Crippen LogP contribution in [0.2, 0.25) is 0 Å². The molecule has 2 rings (SSSR count). The van der Waals surface area contributed by atoms with Gasteiger partial charge in [0, 0.05) is 18.9 Å². The third-order valence-electron chi connectivity index (χ3n) is 3.61. The number of pyridine rings is 1. The molecule has 0 atom stereocenters. The van der Waals surface area contributed by atoms with Gasteiger partial charge in [0.1, 0.15) is 5.75 Å². The Morgan fingerprint density at radius 1 is 1.12 bits per heavy atom. The van der Waals surface area contributed by atoms with Gasteiger partial charge in [-0.2, -0.15) is 0 Å². The van der Waals surface area contributed by atoms with Crippen LogP contribution in [-0.4, -0.2) is 17.7 Å². The van der Waals surface area contributed by atoms with Crippen LogP contribution in [0.15, 0.2) is 42.7 Å². The Bertz CT molecular complexity index is 679. The Balaban J connectivity index is 1.85. The highest BCUT2D eigenvalue weighted by atomic mass is 16.5. The van der Waals surface area contributed by atoms with Crippen LogP contribution in [0.3, 0.4) is 0 Å². The van der Waals surface area contributed by atoms with Gasteiger partial charge in [-0.25, -0.2) is 4.79 Å². The summed E-state index contributed by atoms with van der Waals surface area (Å²) in [7, 11) is 0. The predicted octanol–water partition coefficient (Wildman–Crippen LogP) is 3.52. The van der Waals surface area contributed by atoms with Gasteiger partial charge in [-0.1, -0.05) is 38.5 Å². The highest BCUT2D eigenvalue weighted by Crippen LogP contribution is 2.31. The third kappa shape index (κ3) is 5.26. The molecule has 0 aliphatic carbocycles. The third-order valence-corrected chi connectivity index (χ3v) is 3.61. The maximum Gasteiger partial charge on any atom is 0.317 e. The average molecular weight is 327 g/mol. The van der Waals surface area contributed by atoms with Gasteiger partial charge in [0.05, 0.1) is 0 Å². The topological polar surface area (TPSA) is 63.2 Å². The molecule has 0 fully saturated rings. The highest BCUT2D eigenvalue weighted by Gasteiger charge is 2.19. The SMILES string of the molecule is Cc1ccc(OCNC(=O)NCc2ccncc2)c(C(C)(C)C)c1. The molecule has 1 aromatic carbocycles. The first-order valence-electron chi connectivity index (χ1n) is 8.01. The lowest BCUT2D eigenvalue weighted by Gasteiger charge is -2.23. The van der Waals surface area contributed by atoms with Gasteiger partial charge in [0.2, 0.25) is 0 Å². The summed E-state index contributed by atoms with van der Waals surface area (Å²) in [5, 5.41) is 5.49. The van der Waals surface area contributed by atoms with Crippen molar-refractivity contribution in [1.82, 2.24) is 15.6 Å². The molecular weight excluding hydrogens is 302 g/mol. The van der Waals surface area contributed by atoms with E-state index in [0.717, 1.165) is 16.9 Å². The number of aromatic nitrogens is 1. The summed E-state index contributed by atoms with van der Waals surface area (Å²) >= 11 is 0. The number of benzene rings is 1. The number of carbonyl (C=O) groups excluding carboxylic acids is 1. The van der Waals surface area contributed by atoms with E-state index >= 15 is 0 Å². The summed E-state index contributed by atoms with van der Waals surface area (Å²) < 4.78 is 5.76. The Morgan fingerprint density at radius 2 is 1.83 bits per heavy atom. The average Bonchev–Trinajstić information content (AvgIpc) is 2.54. The fourth-order valence-electron chi connectivity index (χ4n) is 2.28. The molecule has 5 nitrogen and oxygen atoms in total. The lowest BCUT2D eigenvalue weighted by molar-refractivity contribution is 0.222. The summed E-state index contributed by atoms with van der Waals surface area (Å²) in [6.45, 7) is 9.06. The van der Waals surface area contributed by atoms with Crippen molar-refractivity contribution in [3.8, 4) is 5.75 Å². The fraction of sp³-hybridized carbons (Fsp3) is 0.368. The molecule has 24 heavy (non-hydrogen) atoms. The van der Waals surface area contributed by atoms with Crippen LogP contribution in [0.25, 0.3) is 0 Å². The standard InChI is InChI=1S/C19H25N3O2/c1-14-5-6-17(16(11-14)19(2,3)4)24-13-22-18(23)21-12-15-7-9-20-10-8-15/h5-11H,12-13H2,1-4H3,(H2,21,22,23). The van der Waals surface area contributed by atoms with Gasteiger partial charge in [-0.15, -0.1) is 0 Å².